The Bertz CT molecular complexity index is 405. The summed E-state index contributed by atoms with van der Waals surface area (Å²) in [5.41, 5.74) is 2.13. The highest BCUT2D eigenvalue weighted by Crippen LogP contribution is 2.17. The van der Waals surface area contributed by atoms with Gasteiger partial charge in [0.2, 0.25) is 5.91 Å². The van der Waals surface area contributed by atoms with Crippen LogP contribution in [0.25, 0.3) is 0 Å². The van der Waals surface area contributed by atoms with Crippen molar-refractivity contribution >= 4 is 27.5 Å². The van der Waals surface area contributed by atoms with Gasteiger partial charge in [0.05, 0.1) is 0 Å². The number of nitrogens with zero attached hydrogens (tertiary/aromatic N) is 1. The van der Waals surface area contributed by atoms with E-state index in [0.717, 1.165) is 43.5 Å². The van der Waals surface area contributed by atoms with E-state index in [1.807, 2.05) is 18.2 Å². The van der Waals surface area contributed by atoms with E-state index in [1.165, 1.54) is 5.56 Å². The maximum absolute atomic E-state index is 11.9. The minimum Gasteiger partial charge on any atom is -0.326 e. The fourth-order valence-electron chi connectivity index (χ4n) is 2.06. The third-order valence-electron chi connectivity index (χ3n) is 3.37. The van der Waals surface area contributed by atoms with Gasteiger partial charge in [0.25, 0.3) is 0 Å². The molecule has 0 unspecified atom stereocenters. The molecule has 4 heteroatoms. The molecule has 1 N–H and O–H groups in total. The minimum atomic E-state index is 0.109. The molecule has 0 aliphatic carbocycles. The number of amides is 1. The zero-order chi connectivity index (χ0) is 14.8. The second-order valence-electron chi connectivity index (χ2n) is 4.81. The number of alkyl halides is 1. The molecule has 0 bridgehead atoms. The van der Waals surface area contributed by atoms with Crippen LogP contribution < -0.4 is 5.32 Å². The molecule has 0 atom stereocenters. The molecule has 0 radical (unpaired) electrons. The largest absolute Gasteiger partial charge is 0.326 e. The Morgan fingerprint density at radius 3 is 2.55 bits per heavy atom. The lowest BCUT2D eigenvalue weighted by Gasteiger charge is -2.20. The van der Waals surface area contributed by atoms with Crippen LogP contribution in [0.3, 0.4) is 0 Å². The Labute approximate surface area is 130 Å². The summed E-state index contributed by atoms with van der Waals surface area (Å²) in [4.78, 5) is 14.3. The van der Waals surface area contributed by atoms with Crippen molar-refractivity contribution in [3.63, 3.8) is 0 Å². The fraction of sp³-hybridized carbons (Fsp3) is 0.562. The number of benzene rings is 1. The van der Waals surface area contributed by atoms with Crippen LogP contribution in [-0.2, 0) is 11.3 Å². The summed E-state index contributed by atoms with van der Waals surface area (Å²) >= 11 is 3.38. The molecule has 1 rings (SSSR count). The van der Waals surface area contributed by atoms with Gasteiger partial charge in [0.1, 0.15) is 0 Å². The molecule has 0 aliphatic rings. The van der Waals surface area contributed by atoms with E-state index < -0.39 is 0 Å². The summed E-state index contributed by atoms with van der Waals surface area (Å²) in [6, 6.07) is 8.08. The van der Waals surface area contributed by atoms with E-state index in [0.29, 0.717) is 6.42 Å². The van der Waals surface area contributed by atoms with Gasteiger partial charge in [-0.05, 0) is 37.6 Å². The van der Waals surface area contributed by atoms with Gasteiger partial charge in [-0.2, -0.15) is 0 Å². The molecule has 1 amide bonds. The van der Waals surface area contributed by atoms with Crippen LogP contribution in [0.4, 0.5) is 5.69 Å². The maximum Gasteiger partial charge on any atom is 0.224 e. The van der Waals surface area contributed by atoms with E-state index in [-0.39, 0.29) is 5.91 Å². The van der Waals surface area contributed by atoms with Crippen molar-refractivity contribution in [1.82, 2.24) is 4.90 Å². The van der Waals surface area contributed by atoms with Gasteiger partial charge in [-0.3, -0.25) is 9.69 Å². The Balaban J connectivity index is 2.62. The SMILES string of the molecule is CCN(CC)Cc1ccccc1NC(=O)CCCCBr. The van der Waals surface area contributed by atoms with Crippen molar-refractivity contribution < 1.29 is 4.79 Å². The molecule has 3 nitrogen and oxygen atoms in total. The molecule has 0 heterocycles. The van der Waals surface area contributed by atoms with Crippen LogP contribution in [0.15, 0.2) is 24.3 Å². The number of nitrogens with one attached hydrogen (secondary N) is 1. The molecule has 1 aromatic rings. The lowest BCUT2D eigenvalue weighted by molar-refractivity contribution is -0.116. The zero-order valence-electron chi connectivity index (χ0n) is 12.5. The third kappa shape index (κ3) is 6.06. The predicted octanol–water partition coefficient (Wildman–Crippen LogP) is 4.03. The highest BCUT2D eigenvalue weighted by Gasteiger charge is 2.08. The summed E-state index contributed by atoms with van der Waals surface area (Å²) < 4.78 is 0. The van der Waals surface area contributed by atoms with Gasteiger partial charge in [-0.15, -0.1) is 0 Å². The van der Waals surface area contributed by atoms with E-state index in [4.69, 9.17) is 0 Å². The molecule has 0 aliphatic heterocycles. The van der Waals surface area contributed by atoms with Crippen molar-refractivity contribution in [3.05, 3.63) is 29.8 Å². The Morgan fingerprint density at radius 1 is 1.20 bits per heavy atom. The highest BCUT2D eigenvalue weighted by atomic mass is 79.9. The molecule has 112 valence electrons. The Kier molecular flexibility index (Phi) is 8.54. The number of hydrogen-bond acceptors (Lipinski definition) is 2. The zero-order valence-corrected chi connectivity index (χ0v) is 14.1. The molecule has 0 saturated heterocycles. The normalized spacial score (nSPS) is 10.8. The van der Waals surface area contributed by atoms with Crippen LogP contribution in [0.5, 0.6) is 0 Å². The average Bonchev–Trinajstić information content (AvgIpc) is 2.46. The monoisotopic (exact) mass is 340 g/mol. The number of rotatable bonds is 9. The molecular formula is C16H25BrN2O. The van der Waals surface area contributed by atoms with Crippen LogP contribution in [0.1, 0.15) is 38.7 Å². The molecule has 20 heavy (non-hydrogen) atoms. The number of anilines is 1. The van der Waals surface area contributed by atoms with Gasteiger partial charge < -0.3 is 5.32 Å². The van der Waals surface area contributed by atoms with Crippen molar-refractivity contribution in [2.45, 2.75) is 39.7 Å². The summed E-state index contributed by atoms with van der Waals surface area (Å²) in [5.74, 6) is 0.109. The van der Waals surface area contributed by atoms with E-state index in [9.17, 15) is 4.79 Å². The lowest BCUT2D eigenvalue weighted by atomic mass is 10.1. The van der Waals surface area contributed by atoms with Crippen LogP contribution >= 0.6 is 15.9 Å². The molecule has 0 saturated carbocycles. The Hall–Kier alpha value is -0.870. The first-order chi connectivity index (χ1) is 9.71. The summed E-state index contributed by atoms with van der Waals surface area (Å²) in [6.45, 7) is 7.23. The number of unbranched alkanes of at least 4 members (excludes halogenated alkanes) is 1. The number of carbonyl (C=O) groups excluding carboxylic acids is 1. The number of halogens is 1. The third-order valence-corrected chi connectivity index (χ3v) is 3.93. The van der Waals surface area contributed by atoms with Gasteiger partial charge in [-0.1, -0.05) is 48.0 Å². The van der Waals surface area contributed by atoms with Gasteiger partial charge in [-0.25, -0.2) is 0 Å². The van der Waals surface area contributed by atoms with Crippen LogP contribution in [0.2, 0.25) is 0 Å². The molecule has 0 spiro atoms. The van der Waals surface area contributed by atoms with Crippen molar-refractivity contribution in [3.8, 4) is 0 Å². The van der Waals surface area contributed by atoms with E-state index >= 15 is 0 Å². The second-order valence-corrected chi connectivity index (χ2v) is 5.61. The number of para-hydroxylation sites is 1. The molecule has 0 aromatic heterocycles. The smallest absolute Gasteiger partial charge is 0.224 e. The standard InChI is InChI=1S/C16H25BrN2O/c1-3-19(4-2)13-14-9-5-6-10-15(14)18-16(20)11-7-8-12-17/h5-6,9-10H,3-4,7-8,11-13H2,1-2H3,(H,18,20). The quantitative estimate of drug-likeness (QED) is 0.543. The van der Waals surface area contributed by atoms with Crippen molar-refractivity contribution in [2.24, 2.45) is 0 Å². The fourth-order valence-corrected chi connectivity index (χ4v) is 2.46. The predicted molar refractivity (Wildman–Crippen MR) is 89.3 cm³/mol. The topological polar surface area (TPSA) is 32.3 Å². The van der Waals surface area contributed by atoms with E-state index in [1.54, 1.807) is 0 Å². The maximum atomic E-state index is 11.9. The van der Waals surface area contributed by atoms with Crippen molar-refractivity contribution in [1.29, 1.82) is 0 Å². The van der Waals surface area contributed by atoms with Gasteiger partial charge in [0, 0.05) is 24.0 Å². The lowest BCUT2D eigenvalue weighted by Crippen LogP contribution is -2.23. The number of carbonyl (C=O) groups is 1. The first kappa shape index (κ1) is 17.2. The Morgan fingerprint density at radius 2 is 1.90 bits per heavy atom. The first-order valence-corrected chi connectivity index (χ1v) is 8.49. The van der Waals surface area contributed by atoms with Crippen molar-refractivity contribution in [2.75, 3.05) is 23.7 Å². The van der Waals surface area contributed by atoms with Crippen LogP contribution in [0, 0.1) is 0 Å². The number of hydrogen-bond donors (Lipinski definition) is 1. The highest BCUT2D eigenvalue weighted by molar-refractivity contribution is 9.09. The summed E-state index contributed by atoms with van der Waals surface area (Å²) in [5, 5.41) is 4.00. The minimum absolute atomic E-state index is 0.109. The first-order valence-electron chi connectivity index (χ1n) is 7.37. The van der Waals surface area contributed by atoms with Gasteiger partial charge in [0.15, 0.2) is 0 Å². The molecule has 0 fully saturated rings. The average molecular weight is 341 g/mol. The van der Waals surface area contributed by atoms with Crippen LogP contribution in [-0.4, -0.2) is 29.2 Å². The molecule has 1 aromatic carbocycles. The second kappa shape index (κ2) is 9.94. The summed E-state index contributed by atoms with van der Waals surface area (Å²) in [7, 11) is 0. The summed E-state index contributed by atoms with van der Waals surface area (Å²) in [6.07, 6.45) is 2.55. The molecular weight excluding hydrogens is 316 g/mol. The van der Waals surface area contributed by atoms with Gasteiger partial charge >= 0.3 is 0 Å². The van der Waals surface area contributed by atoms with E-state index in [2.05, 4.69) is 46.1 Å².